The highest BCUT2D eigenvalue weighted by molar-refractivity contribution is 7.88. The molecule has 1 aliphatic heterocycles. The van der Waals surface area contributed by atoms with E-state index in [9.17, 15) is 27.2 Å². The van der Waals surface area contributed by atoms with E-state index in [0.29, 0.717) is 5.56 Å². The van der Waals surface area contributed by atoms with Crippen molar-refractivity contribution in [2.75, 3.05) is 31.5 Å². The fourth-order valence-electron chi connectivity index (χ4n) is 3.13. The van der Waals surface area contributed by atoms with Crippen LogP contribution in [0.1, 0.15) is 15.9 Å². The number of sulfonamides is 1. The zero-order chi connectivity index (χ0) is 22.6. The quantitative estimate of drug-likeness (QED) is 0.645. The number of halogens is 1. The van der Waals surface area contributed by atoms with Gasteiger partial charge in [-0.25, -0.2) is 12.8 Å². The molecule has 1 saturated heterocycles. The predicted octanol–water partition coefficient (Wildman–Crippen LogP) is 0.537. The van der Waals surface area contributed by atoms with E-state index in [1.54, 1.807) is 30.3 Å². The van der Waals surface area contributed by atoms with Crippen LogP contribution in [0.3, 0.4) is 0 Å². The number of carbonyl (C=O) groups is 3. The lowest BCUT2D eigenvalue weighted by atomic mass is 10.2. The molecule has 0 radical (unpaired) electrons. The van der Waals surface area contributed by atoms with Crippen LogP contribution in [0.5, 0.6) is 0 Å². The van der Waals surface area contributed by atoms with Crippen molar-refractivity contribution in [3.05, 3.63) is 65.5 Å². The summed E-state index contributed by atoms with van der Waals surface area (Å²) >= 11 is 0. The van der Waals surface area contributed by atoms with Gasteiger partial charge in [-0.1, -0.05) is 30.3 Å². The van der Waals surface area contributed by atoms with E-state index in [2.05, 4.69) is 5.32 Å². The van der Waals surface area contributed by atoms with Crippen LogP contribution < -0.4 is 11.1 Å². The molecule has 3 amide bonds. The van der Waals surface area contributed by atoms with E-state index < -0.39 is 33.6 Å². The SMILES string of the molecule is NC(=O)c1ccc(NC(=O)C(=O)N2CCN(S(=O)(=O)Cc3ccccc3)CC2)c(F)c1. The van der Waals surface area contributed by atoms with Crippen molar-refractivity contribution in [2.24, 2.45) is 5.73 Å². The van der Waals surface area contributed by atoms with Gasteiger partial charge < -0.3 is 16.0 Å². The van der Waals surface area contributed by atoms with Gasteiger partial charge in [-0.15, -0.1) is 0 Å². The average Bonchev–Trinajstić information content (AvgIpc) is 2.75. The van der Waals surface area contributed by atoms with E-state index in [-0.39, 0.29) is 43.2 Å². The van der Waals surface area contributed by atoms with E-state index in [4.69, 9.17) is 5.73 Å². The fourth-order valence-corrected chi connectivity index (χ4v) is 4.65. The molecule has 9 nitrogen and oxygen atoms in total. The number of piperazine rings is 1. The standard InChI is InChI=1S/C20H21FN4O5S/c21-16-12-15(18(22)26)6-7-17(16)23-19(27)20(28)24-8-10-25(11-9-24)31(29,30)13-14-4-2-1-3-5-14/h1-7,12H,8-11,13H2,(H2,22,26)(H,23,27). The van der Waals surface area contributed by atoms with Crippen molar-refractivity contribution in [3.63, 3.8) is 0 Å². The Labute approximate surface area is 178 Å². The zero-order valence-electron chi connectivity index (χ0n) is 16.5. The van der Waals surface area contributed by atoms with Gasteiger partial charge >= 0.3 is 11.8 Å². The smallest absolute Gasteiger partial charge is 0.313 e. The molecule has 11 heteroatoms. The Kier molecular flexibility index (Phi) is 6.66. The van der Waals surface area contributed by atoms with Crippen molar-refractivity contribution in [1.29, 1.82) is 0 Å². The molecule has 0 aromatic heterocycles. The summed E-state index contributed by atoms with van der Waals surface area (Å²) in [5.41, 5.74) is 5.38. The third kappa shape index (κ3) is 5.44. The molecule has 1 fully saturated rings. The van der Waals surface area contributed by atoms with Gasteiger partial charge in [0.25, 0.3) is 0 Å². The van der Waals surface area contributed by atoms with Gasteiger partial charge in [-0.2, -0.15) is 4.31 Å². The highest BCUT2D eigenvalue weighted by Crippen LogP contribution is 2.17. The summed E-state index contributed by atoms with van der Waals surface area (Å²) in [6.45, 7) is 0.165. The van der Waals surface area contributed by atoms with Crippen molar-refractivity contribution in [1.82, 2.24) is 9.21 Å². The number of primary amides is 1. The minimum absolute atomic E-state index is 0.0311. The Morgan fingerprint density at radius 1 is 1.00 bits per heavy atom. The number of carbonyl (C=O) groups excluding carboxylic acids is 3. The Balaban J connectivity index is 1.57. The predicted molar refractivity (Wildman–Crippen MR) is 111 cm³/mol. The van der Waals surface area contributed by atoms with Crippen LogP contribution in [0.15, 0.2) is 48.5 Å². The molecule has 2 aromatic carbocycles. The van der Waals surface area contributed by atoms with Gasteiger partial charge in [-0.3, -0.25) is 14.4 Å². The third-order valence-electron chi connectivity index (χ3n) is 4.81. The number of benzene rings is 2. The molecule has 0 aliphatic carbocycles. The van der Waals surface area contributed by atoms with Gasteiger partial charge in [0, 0.05) is 31.7 Å². The lowest BCUT2D eigenvalue weighted by molar-refractivity contribution is -0.143. The second-order valence-electron chi connectivity index (χ2n) is 6.95. The summed E-state index contributed by atoms with van der Waals surface area (Å²) in [6, 6.07) is 12.0. The summed E-state index contributed by atoms with van der Waals surface area (Å²) in [4.78, 5) is 36.9. The maximum Gasteiger partial charge on any atom is 0.313 e. The van der Waals surface area contributed by atoms with Crippen LogP contribution in [0, 0.1) is 5.82 Å². The van der Waals surface area contributed by atoms with Gasteiger partial charge in [0.2, 0.25) is 15.9 Å². The average molecular weight is 448 g/mol. The first-order valence-electron chi connectivity index (χ1n) is 9.39. The highest BCUT2D eigenvalue weighted by Gasteiger charge is 2.31. The van der Waals surface area contributed by atoms with Crippen LogP contribution in [0.25, 0.3) is 0 Å². The second kappa shape index (κ2) is 9.23. The number of anilines is 1. The maximum atomic E-state index is 14.0. The van der Waals surface area contributed by atoms with Crippen LogP contribution >= 0.6 is 0 Å². The van der Waals surface area contributed by atoms with E-state index >= 15 is 0 Å². The van der Waals surface area contributed by atoms with Crippen LogP contribution in [0.2, 0.25) is 0 Å². The molecule has 2 aromatic rings. The fraction of sp³-hybridized carbons (Fsp3) is 0.250. The Bertz CT molecular complexity index is 1100. The van der Waals surface area contributed by atoms with E-state index in [1.165, 1.54) is 15.3 Å². The van der Waals surface area contributed by atoms with E-state index in [1.807, 2.05) is 0 Å². The summed E-state index contributed by atoms with van der Waals surface area (Å²) in [6.07, 6.45) is 0. The first-order valence-corrected chi connectivity index (χ1v) is 11.0. The maximum absolute atomic E-state index is 14.0. The third-order valence-corrected chi connectivity index (χ3v) is 6.66. The monoisotopic (exact) mass is 448 g/mol. The lowest BCUT2D eigenvalue weighted by Gasteiger charge is -2.33. The molecular formula is C20H21FN4O5S. The van der Waals surface area contributed by atoms with Crippen LogP contribution in [-0.4, -0.2) is 61.5 Å². The number of nitrogens with one attached hydrogen (secondary N) is 1. The number of rotatable bonds is 5. The molecule has 31 heavy (non-hydrogen) atoms. The van der Waals surface area contributed by atoms with Gasteiger partial charge in [0.15, 0.2) is 0 Å². The lowest BCUT2D eigenvalue weighted by Crippen LogP contribution is -2.53. The first-order chi connectivity index (χ1) is 14.7. The van der Waals surface area contributed by atoms with Gasteiger partial charge in [-0.05, 0) is 23.8 Å². The molecule has 0 saturated carbocycles. The molecule has 0 atom stereocenters. The zero-order valence-corrected chi connectivity index (χ0v) is 17.3. The Hall–Kier alpha value is -3.31. The topological polar surface area (TPSA) is 130 Å². The van der Waals surface area contributed by atoms with Crippen LogP contribution in [0.4, 0.5) is 10.1 Å². The molecule has 1 aliphatic rings. The second-order valence-corrected chi connectivity index (χ2v) is 8.91. The number of amides is 3. The molecular weight excluding hydrogens is 427 g/mol. The highest BCUT2D eigenvalue weighted by atomic mass is 32.2. The Morgan fingerprint density at radius 3 is 2.23 bits per heavy atom. The minimum atomic E-state index is -3.56. The summed E-state index contributed by atoms with van der Waals surface area (Å²) < 4.78 is 40.5. The number of hydrogen-bond acceptors (Lipinski definition) is 5. The Morgan fingerprint density at radius 2 is 1.65 bits per heavy atom. The van der Waals surface area contributed by atoms with Crippen molar-refractivity contribution in [3.8, 4) is 0 Å². The first kappa shape index (κ1) is 22.4. The molecule has 3 rings (SSSR count). The molecule has 3 N–H and O–H groups in total. The minimum Gasteiger partial charge on any atom is -0.366 e. The van der Waals surface area contributed by atoms with E-state index in [0.717, 1.165) is 12.1 Å². The summed E-state index contributed by atoms with van der Waals surface area (Å²) in [7, 11) is -3.56. The molecule has 164 valence electrons. The molecule has 0 bridgehead atoms. The number of nitrogens with zero attached hydrogens (tertiary/aromatic N) is 2. The van der Waals surface area contributed by atoms with Gasteiger partial charge in [0.05, 0.1) is 11.4 Å². The largest absolute Gasteiger partial charge is 0.366 e. The van der Waals surface area contributed by atoms with Crippen LogP contribution in [-0.2, 0) is 25.4 Å². The van der Waals surface area contributed by atoms with Crippen molar-refractivity contribution in [2.45, 2.75) is 5.75 Å². The molecule has 1 heterocycles. The molecule has 0 spiro atoms. The summed E-state index contributed by atoms with van der Waals surface area (Å²) in [5, 5.41) is 2.16. The van der Waals surface area contributed by atoms with Crippen molar-refractivity contribution < 1.29 is 27.2 Å². The normalized spacial score (nSPS) is 14.8. The van der Waals surface area contributed by atoms with Crippen molar-refractivity contribution >= 4 is 33.4 Å². The number of hydrogen-bond donors (Lipinski definition) is 2. The number of nitrogens with two attached hydrogens (primary N) is 1. The summed E-state index contributed by atoms with van der Waals surface area (Å²) in [5.74, 6) is -3.85. The van der Waals surface area contributed by atoms with Gasteiger partial charge in [0.1, 0.15) is 5.82 Å². The molecule has 0 unspecified atom stereocenters.